The standard InChI is InChI=1S/C25H35N9O6/c1-16(2)40-24(36)31-34(25(37)38)19-4-3-9-33(15-19)23-28-22(20(21(26)35)29-30-23)27-18-7-5-17(6-8-18)14-32-10-12-39-13-11-32/h5-8,16,19H,3-4,9-15H2,1-2H3,(H2,26,35)(H,31,36)(H,37,38)(H,27,28,30). The van der Waals surface area contributed by atoms with Gasteiger partial charge in [0.1, 0.15) is 0 Å². The van der Waals surface area contributed by atoms with Crippen molar-refractivity contribution in [3.8, 4) is 0 Å². The van der Waals surface area contributed by atoms with Gasteiger partial charge >= 0.3 is 12.2 Å². The fourth-order valence-electron chi connectivity index (χ4n) is 4.53. The van der Waals surface area contributed by atoms with Gasteiger partial charge in [0.25, 0.3) is 5.91 Å². The minimum atomic E-state index is -1.32. The van der Waals surface area contributed by atoms with Crippen LogP contribution < -0.4 is 21.4 Å². The Labute approximate surface area is 231 Å². The number of rotatable bonds is 8. The summed E-state index contributed by atoms with van der Waals surface area (Å²) in [7, 11) is 0. The van der Waals surface area contributed by atoms with Crippen molar-refractivity contribution in [2.24, 2.45) is 5.73 Å². The number of hydrogen-bond acceptors (Lipinski definition) is 11. The third-order valence-corrected chi connectivity index (χ3v) is 6.44. The second kappa shape index (κ2) is 13.2. The summed E-state index contributed by atoms with van der Waals surface area (Å²) in [6, 6.07) is 7.15. The van der Waals surface area contributed by atoms with Crippen LogP contribution in [0.15, 0.2) is 24.3 Å². The number of amides is 3. The first-order valence-corrected chi connectivity index (χ1v) is 13.1. The van der Waals surface area contributed by atoms with E-state index in [1.54, 1.807) is 18.7 Å². The predicted octanol–water partition coefficient (Wildman–Crippen LogP) is 1.54. The van der Waals surface area contributed by atoms with Gasteiger partial charge in [0.15, 0.2) is 11.5 Å². The Bertz CT molecular complexity index is 1190. The number of nitrogens with two attached hydrogens (primary N) is 1. The third kappa shape index (κ3) is 7.66. The van der Waals surface area contributed by atoms with Crippen molar-refractivity contribution in [1.29, 1.82) is 0 Å². The minimum absolute atomic E-state index is 0.125. The quantitative estimate of drug-likeness (QED) is 0.343. The average Bonchev–Trinajstić information content (AvgIpc) is 2.93. The SMILES string of the molecule is CC(C)OC(=O)NN(C(=O)O)C1CCCN(c2nnc(C(N)=O)c(Nc3ccc(CN4CCOCC4)cc3)n2)C1. The molecule has 1 unspecified atom stereocenters. The molecule has 216 valence electrons. The molecule has 0 aliphatic carbocycles. The monoisotopic (exact) mass is 557 g/mol. The van der Waals surface area contributed by atoms with Gasteiger partial charge in [-0.2, -0.15) is 4.98 Å². The lowest BCUT2D eigenvalue weighted by molar-refractivity contribution is 0.0342. The number of morpholine rings is 1. The van der Waals surface area contributed by atoms with Crippen molar-refractivity contribution in [2.75, 3.05) is 49.6 Å². The zero-order valence-electron chi connectivity index (χ0n) is 22.6. The molecule has 2 saturated heterocycles. The van der Waals surface area contributed by atoms with Crippen LogP contribution in [0.25, 0.3) is 0 Å². The molecule has 2 fully saturated rings. The van der Waals surface area contributed by atoms with Crippen LogP contribution in [0.5, 0.6) is 0 Å². The zero-order chi connectivity index (χ0) is 28.6. The molecular weight excluding hydrogens is 522 g/mol. The number of hydrazine groups is 1. The smallest absolute Gasteiger partial charge is 0.426 e. The van der Waals surface area contributed by atoms with Crippen LogP contribution >= 0.6 is 0 Å². The van der Waals surface area contributed by atoms with Crippen molar-refractivity contribution in [1.82, 2.24) is 30.5 Å². The minimum Gasteiger partial charge on any atom is -0.464 e. The Morgan fingerprint density at radius 2 is 1.90 bits per heavy atom. The van der Waals surface area contributed by atoms with Crippen LogP contribution in [-0.4, -0.2) is 99.8 Å². The van der Waals surface area contributed by atoms with Gasteiger partial charge in [-0.15, -0.1) is 10.2 Å². The molecule has 3 heterocycles. The number of piperidine rings is 1. The highest BCUT2D eigenvalue weighted by atomic mass is 16.6. The lowest BCUT2D eigenvalue weighted by Gasteiger charge is -2.37. The van der Waals surface area contributed by atoms with E-state index in [0.29, 0.717) is 25.1 Å². The van der Waals surface area contributed by atoms with E-state index in [2.05, 4.69) is 30.8 Å². The third-order valence-electron chi connectivity index (χ3n) is 6.44. The number of nitrogens with zero attached hydrogens (tertiary/aromatic N) is 6. The van der Waals surface area contributed by atoms with Crippen molar-refractivity contribution in [3.05, 3.63) is 35.5 Å². The van der Waals surface area contributed by atoms with Gasteiger partial charge in [-0.1, -0.05) is 12.1 Å². The Morgan fingerprint density at radius 3 is 2.55 bits per heavy atom. The van der Waals surface area contributed by atoms with Crippen LogP contribution in [0.2, 0.25) is 0 Å². The summed E-state index contributed by atoms with van der Waals surface area (Å²) in [5.41, 5.74) is 9.51. The number of aromatic nitrogens is 3. The number of benzene rings is 1. The number of carbonyl (C=O) groups is 3. The normalized spacial score (nSPS) is 17.8. The molecule has 5 N–H and O–H groups in total. The first-order valence-electron chi connectivity index (χ1n) is 13.1. The molecule has 1 aromatic carbocycles. The Hall–Kier alpha value is -4.24. The van der Waals surface area contributed by atoms with Crippen molar-refractivity contribution < 1.29 is 29.0 Å². The number of anilines is 3. The van der Waals surface area contributed by atoms with Gasteiger partial charge in [0, 0.05) is 38.4 Å². The van der Waals surface area contributed by atoms with E-state index in [9.17, 15) is 19.5 Å². The Morgan fingerprint density at radius 1 is 1.18 bits per heavy atom. The number of carbonyl (C=O) groups excluding carboxylic acids is 2. The number of primary amides is 1. The fraction of sp³-hybridized carbons (Fsp3) is 0.520. The van der Waals surface area contributed by atoms with Crippen LogP contribution in [0.3, 0.4) is 0 Å². The summed E-state index contributed by atoms with van der Waals surface area (Å²) in [6.07, 6.45) is -1.49. The molecule has 1 aromatic heterocycles. The Kier molecular flexibility index (Phi) is 9.50. The number of carboxylic acid groups (broad SMARTS) is 1. The molecular formula is C25H35N9O6. The highest BCUT2D eigenvalue weighted by Crippen LogP contribution is 2.23. The number of ether oxygens (including phenoxy) is 2. The fourth-order valence-corrected chi connectivity index (χ4v) is 4.53. The van der Waals surface area contributed by atoms with Gasteiger partial charge in [0.2, 0.25) is 5.95 Å². The lowest BCUT2D eigenvalue weighted by atomic mass is 10.1. The maximum Gasteiger partial charge on any atom is 0.426 e. The van der Waals surface area contributed by atoms with Gasteiger partial charge in [-0.25, -0.2) is 20.0 Å². The van der Waals surface area contributed by atoms with Crippen LogP contribution in [-0.2, 0) is 16.0 Å². The van der Waals surface area contributed by atoms with Gasteiger partial charge in [-0.05, 0) is 44.4 Å². The first-order chi connectivity index (χ1) is 19.2. The molecule has 0 spiro atoms. The van der Waals surface area contributed by atoms with E-state index in [1.165, 1.54) is 0 Å². The highest BCUT2D eigenvalue weighted by molar-refractivity contribution is 5.96. The zero-order valence-corrected chi connectivity index (χ0v) is 22.6. The van der Waals surface area contributed by atoms with Crippen molar-refractivity contribution in [3.63, 3.8) is 0 Å². The maximum atomic E-state index is 12.1. The summed E-state index contributed by atoms with van der Waals surface area (Å²) < 4.78 is 10.4. The maximum absolute atomic E-state index is 12.1. The topological polar surface area (TPSA) is 188 Å². The molecule has 2 aliphatic heterocycles. The molecule has 0 radical (unpaired) electrons. The molecule has 15 nitrogen and oxygen atoms in total. The largest absolute Gasteiger partial charge is 0.464 e. The molecule has 2 aliphatic rings. The molecule has 3 amide bonds. The molecule has 4 rings (SSSR count). The second-order valence-electron chi connectivity index (χ2n) is 9.84. The molecule has 0 saturated carbocycles. The Balaban J connectivity index is 1.47. The first kappa shape index (κ1) is 28.8. The average molecular weight is 558 g/mol. The number of nitrogens with one attached hydrogen (secondary N) is 2. The summed E-state index contributed by atoms with van der Waals surface area (Å²) in [5, 5.41) is 21.7. The van der Waals surface area contributed by atoms with Gasteiger partial charge in [-0.3, -0.25) is 9.69 Å². The molecule has 2 aromatic rings. The van der Waals surface area contributed by atoms with E-state index >= 15 is 0 Å². The van der Waals surface area contributed by atoms with Crippen LogP contribution in [0.1, 0.15) is 42.7 Å². The summed E-state index contributed by atoms with van der Waals surface area (Å²) in [6.45, 7) is 8.07. The molecule has 40 heavy (non-hydrogen) atoms. The van der Waals surface area contributed by atoms with E-state index in [-0.39, 0.29) is 24.0 Å². The van der Waals surface area contributed by atoms with Crippen LogP contribution in [0.4, 0.5) is 27.0 Å². The van der Waals surface area contributed by atoms with E-state index < -0.39 is 30.2 Å². The predicted molar refractivity (Wildman–Crippen MR) is 144 cm³/mol. The van der Waals surface area contributed by atoms with Crippen molar-refractivity contribution >= 4 is 35.5 Å². The second-order valence-corrected chi connectivity index (χ2v) is 9.84. The van der Waals surface area contributed by atoms with Crippen LogP contribution in [0, 0.1) is 0 Å². The lowest BCUT2D eigenvalue weighted by Crippen LogP contribution is -2.57. The molecule has 1 atom stereocenters. The molecule has 15 heteroatoms. The van der Waals surface area contributed by atoms with Gasteiger partial charge in [0.05, 0.1) is 25.4 Å². The van der Waals surface area contributed by atoms with E-state index in [0.717, 1.165) is 43.4 Å². The van der Waals surface area contributed by atoms with E-state index in [1.807, 2.05) is 24.3 Å². The summed E-state index contributed by atoms with van der Waals surface area (Å²) >= 11 is 0. The number of hydrogen-bond donors (Lipinski definition) is 4. The highest BCUT2D eigenvalue weighted by Gasteiger charge is 2.32. The summed E-state index contributed by atoms with van der Waals surface area (Å²) in [4.78, 5) is 44.6. The molecule has 0 bridgehead atoms. The van der Waals surface area contributed by atoms with E-state index in [4.69, 9.17) is 15.2 Å². The summed E-state index contributed by atoms with van der Waals surface area (Å²) in [5.74, 6) is -0.468. The van der Waals surface area contributed by atoms with Gasteiger partial charge < -0.3 is 30.5 Å². The van der Waals surface area contributed by atoms with Crippen molar-refractivity contribution in [2.45, 2.75) is 45.4 Å².